The van der Waals surface area contributed by atoms with Gasteiger partial charge in [-0.25, -0.2) is 4.98 Å². The molecule has 32 heavy (non-hydrogen) atoms. The number of rotatable bonds is 3. The maximum Gasteiger partial charge on any atom is 0.295 e. The number of alkyl halides is 1. The highest BCUT2D eigenvalue weighted by molar-refractivity contribution is 6.21. The summed E-state index contributed by atoms with van der Waals surface area (Å²) in [6.45, 7) is 6.24. The van der Waals surface area contributed by atoms with Crippen molar-refractivity contribution in [1.82, 2.24) is 4.98 Å². The van der Waals surface area contributed by atoms with Gasteiger partial charge in [0.25, 0.3) is 5.91 Å². The third kappa shape index (κ3) is 3.43. The maximum absolute atomic E-state index is 13.7. The van der Waals surface area contributed by atoms with Crippen LogP contribution in [0.1, 0.15) is 61.8 Å². The Morgan fingerprint density at radius 3 is 2.56 bits per heavy atom. The zero-order valence-electron chi connectivity index (χ0n) is 18.5. The van der Waals surface area contributed by atoms with Gasteiger partial charge in [0.05, 0.1) is 17.5 Å². The molecule has 6 heteroatoms. The van der Waals surface area contributed by atoms with Crippen molar-refractivity contribution in [1.29, 1.82) is 0 Å². The van der Waals surface area contributed by atoms with Crippen molar-refractivity contribution < 1.29 is 14.3 Å². The van der Waals surface area contributed by atoms with Gasteiger partial charge in [-0.05, 0) is 60.9 Å². The summed E-state index contributed by atoms with van der Waals surface area (Å²) in [5.41, 5.74) is 3.52. The number of hydrogen-bond donors (Lipinski definition) is 0. The van der Waals surface area contributed by atoms with E-state index >= 15 is 0 Å². The summed E-state index contributed by atoms with van der Waals surface area (Å²) in [6.07, 6.45) is 3.46. The molecule has 1 aromatic carbocycles. The van der Waals surface area contributed by atoms with E-state index in [2.05, 4.69) is 31.0 Å². The maximum atomic E-state index is 13.7. The number of ketones is 1. The number of Topliss-reactive ketones (excluding diaryl/α,β-unsaturated/α-hetero) is 1. The highest BCUT2D eigenvalue weighted by atomic mass is 35.5. The van der Waals surface area contributed by atoms with Crippen LogP contribution in [0, 0.1) is 12.8 Å². The van der Waals surface area contributed by atoms with Crippen LogP contribution in [0.15, 0.2) is 53.9 Å². The van der Waals surface area contributed by atoms with E-state index in [0.717, 1.165) is 17.5 Å². The van der Waals surface area contributed by atoms with Gasteiger partial charge in [0.15, 0.2) is 11.5 Å². The number of ether oxygens (including phenoxy) is 1. The summed E-state index contributed by atoms with van der Waals surface area (Å²) >= 11 is 6.40. The minimum Gasteiger partial charge on any atom is -0.483 e. The number of fused-ring (bicyclic) bond motifs is 1. The number of carbonyl (C=O) groups is 2. The van der Waals surface area contributed by atoms with Crippen LogP contribution in [0.25, 0.3) is 0 Å². The van der Waals surface area contributed by atoms with Crippen molar-refractivity contribution in [2.24, 2.45) is 5.92 Å². The predicted molar refractivity (Wildman–Crippen MR) is 124 cm³/mol. The second-order valence-electron chi connectivity index (χ2n) is 9.37. The lowest BCUT2D eigenvalue weighted by Crippen LogP contribution is -2.41. The topological polar surface area (TPSA) is 59.5 Å². The molecule has 0 N–H and O–H groups in total. The molecule has 1 aromatic heterocycles. The molecular weight excluding hydrogens is 424 g/mol. The molecule has 3 aliphatic rings. The first-order valence-corrected chi connectivity index (χ1v) is 11.7. The molecule has 1 saturated carbocycles. The number of nitrogens with zero attached hydrogens (tertiary/aromatic N) is 2. The van der Waals surface area contributed by atoms with Gasteiger partial charge >= 0.3 is 0 Å². The van der Waals surface area contributed by atoms with Gasteiger partial charge in [-0.3, -0.25) is 14.5 Å². The van der Waals surface area contributed by atoms with Gasteiger partial charge in [-0.15, -0.1) is 11.6 Å². The van der Waals surface area contributed by atoms with Gasteiger partial charge in [0, 0.05) is 11.6 Å². The Morgan fingerprint density at radius 1 is 1.12 bits per heavy atom. The molecule has 4 atom stereocenters. The number of hydrogen-bond acceptors (Lipinski definition) is 4. The second-order valence-corrected chi connectivity index (χ2v) is 9.99. The Hall–Kier alpha value is -2.66. The molecule has 2 aliphatic heterocycles. The van der Waals surface area contributed by atoms with Gasteiger partial charge in [-0.1, -0.05) is 38.1 Å². The summed E-state index contributed by atoms with van der Waals surface area (Å²) in [6, 6.07) is 11.4. The Kier molecular flexibility index (Phi) is 5.32. The number of benzene rings is 1. The summed E-state index contributed by atoms with van der Waals surface area (Å²) in [4.78, 5) is 33.4. The van der Waals surface area contributed by atoms with Gasteiger partial charge in [0.1, 0.15) is 11.9 Å². The van der Waals surface area contributed by atoms with Crippen LogP contribution < -0.4 is 4.90 Å². The van der Waals surface area contributed by atoms with E-state index in [4.69, 9.17) is 16.3 Å². The Labute approximate surface area is 193 Å². The normalized spacial score (nSPS) is 27.5. The summed E-state index contributed by atoms with van der Waals surface area (Å²) < 4.78 is 6.22. The minimum atomic E-state index is -0.558. The monoisotopic (exact) mass is 450 g/mol. The SMILES string of the molecule is Cc1ccnc(N2C(=O)C3=C(C(=O)C4CC(Cl)CCC4O3)C2c2ccc(C(C)C)cc2)c1. The average molecular weight is 451 g/mol. The van der Waals surface area contributed by atoms with Crippen molar-refractivity contribution in [3.8, 4) is 0 Å². The van der Waals surface area contributed by atoms with Crippen molar-refractivity contribution in [2.75, 3.05) is 4.90 Å². The van der Waals surface area contributed by atoms with Crippen molar-refractivity contribution in [3.63, 3.8) is 0 Å². The van der Waals surface area contributed by atoms with Crippen LogP contribution in [0.5, 0.6) is 0 Å². The standard InChI is InChI=1S/C26H27ClN2O3/c1-14(2)16-4-6-17(7-5-16)23-22-24(30)19-13-18(27)8-9-20(19)32-25(22)26(31)29(23)21-12-15(3)10-11-28-21/h4-7,10-12,14,18-20,23H,8-9,13H2,1-3H3. The van der Waals surface area contributed by atoms with E-state index in [-0.39, 0.29) is 34.8 Å². The molecule has 1 aliphatic carbocycles. The highest BCUT2D eigenvalue weighted by Crippen LogP contribution is 2.48. The molecule has 2 aromatic rings. The lowest BCUT2D eigenvalue weighted by atomic mass is 9.77. The molecular formula is C26H27ClN2O3. The zero-order chi connectivity index (χ0) is 22.6. The lowest BCUT2D eigenvalue weighted by molar-refractivity contribution is -0.131. The van der Waals surface area contributed by atoms with Crippen molar-refractivity contribution >= 4 is 29.1 Å². The third-order valence-corrected chi connectivity index (χ3v) is 7.25. The lowest BCUT2D eigenvalue weighted by Gasteiger charge is -2.37. The van der Waals surface area contributed by atoms with E-state index in [1.165, 1.54) is 5.56 Å². The Bertz CT molecular complexity index is 1110. The van der Waals surface area contributed by atoms with Crippen LogP contribution in [-0.4, -0.2) is 28.2 Å². The van der Waals surface area contributed by atoms with Crippen LogP contribution >= 0.6 is 11.6 Å². The second kappa shape index (κ2) is 8.04. The number of amides is 1. The summed E-state index contributed by atoms with van der Waals surface area (Å²) in [5, 5.41) is -0.0404. The fraction of sp³-hybridized carbons (Fsp3) is 0.423. The molecule has 0 saturated heterocycles. The number of aryl methyl sites for hydroxylation is 1. The summed E-state index contributed by atoms with van der Waals surface area (Å²) in [7, 11) is 0. The molecule has 0 radical (unpaired) electrons. The largest absolute Gasteiger partial charge is 0.483 e. The quantitative estimate of drug-likeness (QED) is 0.600. The van der Waals surface area contributed by atoms with E-state index < -0.39 is 6.04 Å². The molecule has 166 valence electrons. The molecule has 3 heterocycles. The minimum absolute atomic E-state index is 0.0111. The fourth-order valence-electron chi connectivity index (χ4n) is 5.08. The number of aromatic nitrogens is 1. The molecule has 4 unspecified atom stereocenters. The smallest absolute Gasteiger partial charge is 0.295 e. The van der Waals surface area contributed by atoms with Crippen molar-refractivity contribution in [3.05, 3.63) is 70.6 Å². The molecule has 1 fully saturated rings. The molecule has 0 spiro atoms. The molecule has 5 nitrogen and oxygen atoms in total. The number of halogens is 1. The molecule has 5 rings (SSSR count). The average Bonchev–Trinajstić information content (AvgIpc) is 3.07. The molecule has 1 amide bonds. The van der Waals surface area contributed by atoms with E-state index in [1.807, 2.05) is 31.2 Å². The molecule has 0 bridgehead atoms. The Morgan fingerprint density at radius 2 is 1.88 bits per heavy atom. The van der Waals surface area contributed by atoms with Gasteiger partial charge < -0.3 is 4.74 Å². The van der Waals surface area contributed by atoms with Gasteiger partial charge in [-0.2, -0.15) is 0 Å². The van der Waals surface area contributed by atoms with E-state index in [0.29, 0.717) is 30.2 Å². The van der Waals surface area contributed by atoms with E-state index in [9.17, 15) is 9.59 Å². The first-order valence-electron chi connectivity index (χ1n) is 11.3. The van der Waals surface area contributed by atoms with Crippen LogP contribution in [0.3, 0.4) is 0 Å². The van der Waals surface area contributed by atoms with Crippen LogP contribution in [0.4, 0.5) is 5.82 Å². The number of pyridine rings is 1. The summed E-state index contributed by atoms with van der Waals surface area (Å²) in [5.74, 6) is 0.490. The van der Waals surface area contributed by atoms with Crippen molar-refractivity contribution in [2.45, 2.75) is 63.5 Å². The highest BCUT2D eigenvalue weighted by Gasteiger charge is 2.53. The number of carbonyl (C=O) groups excluding carboxylic acids is 2. The first-order chi connectivity index (χ1) is 15.3. The van der Waals surface area contributed by atoms with Crippen LogP contribution in [0.2, 0.25) is 0 Å². The fourth-order valence-corrected chi connectivity index (χ4v) is 5.40. The zero-order valence-corrected chi connectivity index (χ0v) is 19.3. The van der Waals surface area contributed by atoms with E-state index in [1.54, 1.807) is 11.1 Å². The predicted octanol–water partition coefficient (Wildman–Crippen LogP) is 5.23. The first kappa shape index (κ1) is 21.2. The third-order valence-electron chi connectivity index (χ3n) is 6.85. The Balaban J connectivity index is 1.63. The van der Waals surface area contributed by atoms with Crippen LogP contribution in [-0.2, 0) is 14.3 Å². The van der Waals surface area contributed by atoms with Gasteiger partial charge in [0.2, 0.25) is 0 Å². The number of anilines is 1.